The fraction of sp³-hybridized carbons (Fsp3) is 0.458. The van der Waals surface area contributed by atoms with Crippen LogP contribution in [0.3, 0.4) is 0 Å². The quantitative estimate of drug-likeness (QED) is 0.746. The summed E-state index contributed by atoms with van der Waals surface area (Å²) in [7, 11) is 0. The standard InChI is InChI=1S/C24H26FN5O/c25-20-4-2-18(3-5-20)19-13-28(14-19)10-9-24(31)29-15-21-6-7-22(16-29)30(21)23-8-1-17(11-26)12-27-23/h1-5,8,12,19,21-22H,6-7,9-10,13-16H2. The molecule has 3 fully saturated rings. The number of halogens is 1. The maximum atomic E-state index is 13.1. The van der Waals surface area contributed by atoms with E-state index in [1.54, 1.807) is 6.20 Å². The summed E-state index contributed by atoms with van der Waals surface area (Å²) in [4.78, 5) is 24.0. The number of fused-ring (bicyclic) bond motifs is 2. The molecule has 4 heterocycles. The molecule has 0 spiro atoms. The fourth-order valence-electron chi connectivity index (χ4n) is 5.20. The smallest absolute Gasteiger partial charge is 0.223 e. The van der Waals surface area contributed by atoms with Gasteiger partial charge in [-0.1, -0.05) is 12.1 Å². The Balaban J connectivity index is 1.11. The fourth-order valence-corrected chi connectivity index (χ4v) is 5.20. The van der Waals surface area contributed by atoms with Crippen molar-refractivity contribution in [1.82, 2.24) is 14.8 Å². The number of hydrogen-bond acceptors (Lipinski definition) is 5. The van der Waals surface area contributed by atoms with Crippen LogP contribution in [0.5, 0.6) is 0 Å². The van der Waals surface area contributed by atoms with Gasteiger partial charge in [-0.2, -0.15) is 5.26 Å². The van der Waals surface area contributed by atoms with Crippen LogP contribution in [-0.4, -0.2) is 65.5 Å². The van der Waals surface area contributed by atoms with Gasteiger partial charge in [0, 0.05) is 63.3 Å². The lowest BCUT2D eigenvalue weighted by atomic mass is 9.91. The zero-order valence-electron chi connectivity index (χ0n) is 17.5. The lowest BCUT2D eigenvalue weighted by Crippen LogP contribution is -2.56. The molecular formula is C24H26FN5O. The number of nitrogens with zero attached hydrogens (tertiary/aromatic N) is 5. The van der Waals surface area contributed by atoms with Crippen LogP contribution in [0.25, 0.3) is 0 Å². The van der Waals surface area contributed by atoms with Gasteiger partial charge in [0.25, 0.3) is 0 Å². The Morgan fingerprint density at radius 1 is 1.06 bits per heavy atom. The summed E-state index contributed by atoms with van der Waals surface area (Å²) in [6.07, 6.45) is 4.31. The molecule has 0 aliphatic carbocycles. The molecule has 160 valence electrons. The van der Waals surface area contributed by atoms with Crippen LogP contribution in [-0.2, 0) is 4.79 Å². The normalized spacial score (nSPS) is 23.5. The van der Waals surface area contributed by atoms with Crippen molar-refractivity contribution in [2.75, 3.05) is 37.6 Å². The van der Waals surface area contributed by atoms with Gasteiger partial charge in [-0.15, -0.1) is 0 Å². The SMILES string of the molecule is N#Cc1ccc(N2C3CCC2CN(C(=O)CCN2CC(c4ccc(F)cc4)C2)C3)nc1. The van der Waals surface area contributed by atoms with Gasteiger partial charge in [-0.05, 0) is 42.7 Å². The molecule has 0 saturated carbocycles. The first kappa shape index (κ1) is 20.0. The highest BCUT2D eigenvalue weighted by molar-refractivity contribution is 5.77. The Kier molecular flexibility index (Phi) is 5.33. The average Bonchev–Trinajstić information content (AvgIpc) is 3.02. The van der Waals surface area contributed by atoms with Crippen molar-refractivity contribution in [3.8, 4) is 6.07 Å². The second-order valence-corrected chi connectivity index (χ2v) is 8.87. The Hall–Kier alpha value is -2.98. The molecule has 0 radical (unpaired) electrons. The minimum Gasteiger partial charge on any atom is -0.347 e. The van der Waals surface area contributed by atoms with E-state index in [1.165, 1.54) is 17.7 Å². The Bertz CT molecular complexity index is 967. The lowest BCUT2D eigenvalue weighted by molar-refractivity contribution is -0.132. The first-order chi connectivity index (χ1) is 15.1. The first-order valence-corrected chi connectivity index (χ1v) is 11.0. The van der Waals surface area contributed by atoms with Crippen molar-refractivity contribution in [3.63, 3.8) is 0 Å². The van der Waals surface area contributed by atoms with Gasteiger partial charge >= 0.3 is 0 Å². The van der Waals surface area contributed by atoms with Crippen LogP contribution in [0.1, 0.15) is 36.3 Å². The highest BCUT2D eigenvalue weighted by Gasteiger charge is 2.42. The number of pyridine rings is 1. The number of nitriles is 1. The van der Waals surface area contributed by atoms with Gasteiger partial charge in [0.2, 0.25) is 5.91 Å². The molecule has 6 nitrogen and oxygen atoms in total. The molecule has 3 saturated heterocycles. The van der Waals surface area contributed by atoms with Gasteiger partial charge in [0.15, 0.2) is 0 Å². The molecule has 5 rings (SSSR count). The second kappa shape index (κ2) is 8.27. The summed E-state index contributed by atoms with van der Waals surface area (Å²) in [5, 5.41) is 8.98. The van der Waals surface area contributed by atoms with Crippen molar-refractivity contribution in [2.45, 2.75) is 37.3 Å². The number of benzene rings is 1. The topological polar surface area (TPSA) is 63.5 Å². The minimum atomic E-state index is -0.199. The second-order valence-electron chi connectivity index (χ2n) is 8.87. The zero-order chi connectivity index (χ0) is 21.4. The Morgan fingerprint density at radius 2 is 1.77 bits per heavy atom. The van der Waals surface area contributed by atoms with Crippen molar-refractivity contribution in [2.24, 2.45) is 0 Å². The van der Waals surface area contributed by atoms with E-state index >= 15 is 0 Å². The number of hydrogen-bond donors (Lipinski definition) is 0. The number of piperazine rings is 1. The highest BCUT2D eigenvalue weighted by Crippen LogP contribution is 2.34. The summed E-state index contributed by atoms with van der Waals surface area (Å²) in [5.74, 6) is 1.38. The number of anilines is 1. The van der Waals surface area contributed by atoms with Gasteiger partial charge in [-0.25, -0.2) is 9.37 Å². The van der Waals surface area contributed by atoms with E-state index in [9.17, 15) is 9.18 Å². The van der Waals surface area contributed by atoms with Gasteiger partial charge in [-0.3, -0.25) is 4.79 Å². The van der Waals surface area contributed by atoms with E-state index in [2.05, 4.69) is 20.9 Å². The molecule has 1 amide bonds. The van der Waals surface area contributed by atoms with Crippen molar-refractivity contribution in [3.05, 3.63) is 59.5 Å². The molecule has 1 aromatic heterocycles. The summed E-state index contributed by atoms with van der Waals surface area (Å²) in [6.45, 7) is 4.14. The molecular weight excluding hydrogens is 393 g/mol. The van der Waals surface area contributed by atoms with Crippen molar-refractivity contribution >= 4 is 11.7 Å². The maximum Gasteiger partial charge on any atom is 0.223 e. The van der Waals surface area contributed by atoms with Crippen LogP contribution in [0, 0.1) is 17.1 Å². The number of aromatic nitrogens is 1. The third-order valence-electron chi connectivity index (χ3n) is 6.92. The molecule has 3 aliphatic heterocycles. The van der Waals surface area contributed by atoms with E-state index in [0.717, 1.165) is 51.4 Å². The number of carbonyl (C=O) groups is 1. The number of likely N-dealkylation sites (tertiary alicyclic amines) is 2. The minimum absolute atomic E-state index is 0.199. The van der Waals surface area contributed by atoms with Crippen molar-refractivity contribution < 1.29 is 9.18 Å². The molecule has 2 bridgehead atoms. The Morgan fingerprint density at radius 3 is 2.39 bits per heavy atom. The van der Waals surface area contributed by atoms with Crippen LogP contribution < -0.4 is 4.90 Å². The predicted molar refractivity (Wildman–Crippen MR) is 115 cm³/mol. The first-order valence-electron chi connectivity index (χ1n) is 11.0. The monoisotopic (exact) mass is 419 g/mol. The van der Waals surface area contributed by atoms with Crippen LogP contribution >= 0.6 is 0 Å². The van der Waals surface area contributed by atoms with Crippen molar-refractivity contribution in [1.29, 1.82) is 5.26 Å². The predicted octanol–water partition coefficient (Wildman–Crippen LogP) is 2.76. The lowest BCUT2D eigenvalue weighted by Gasteiger charge is -2.43. The molecule has 1 aromatic carbocycles. The summed E-state index contributed by atoms with van der Waals surface area (Å²) in [5.41, 5.74) is 1.74. The maximum absolute atomic E-state index is 13.1. The summed E-state index contributed by atoms with van der Waals surface area (Å²) < 4.78 is 13.1. The van der Waals surface area contributed by atoms with E-state index in [4.69, 9.17) is 5.26 Å². The van der Waals surface area contributed by atoms with Crippen LogP contribution in [0.15, 0.2) is 42.6 Å². The molecule has 2 unspecified atom stereocenters. The zero-order valence-corrected chi connectivity index (χ0v) is 17.5. The number of carbonyl (C=O) groups excluding carboxylic acids is 1. The highest BCUT2D eigenvalue weighted by atomic mass is 19.1. The van der Waals surface area contributed by atoms with Crippen LogP contribution in [0.4, 0.5) is 10.2 Å². The van der Waals surface area contributed by atoms with E-state index in [1.807, 2.05) is 29.2 Å². The van der Waals surface area contributed by atoms with Crippen LogP contribution in [0.2, 0.25) is 0 Å². The number of rotatable bonds is 5. The molecule has 7 heteroatoms. The largest absolute Gasteiger partial charge is 0.347 e. The van der Waals surface area contributed by atoms with Gasteiger partial charge in [0.05, 0.1) is 5.56 Å². The number of amides is 1. The molecule has 3 aliphatic rings. The van der Waals surface area contributed by atoms with E-state index in [-0.39, 0.29) is 11.7 Å². The molecule has 0 N–H and O–H groups in total. The molecule has 31 heavy (non-hydrogen) atoms. The Labute approximate surface area is 181 Å². The third-order valence-corrected chi connectivity index (χ3v) is 6.92. The summed E-state index contributed by atoms with van der Waals surface area (Å²) in [6, 6.07) is 13.2. The third kappa shape index (κ3) is 4.00. The average molecular weight is 420 g/mol. The summed E-state index contributed by atoms with van der Waals surface area (Å²) >= 11 is 0. The van der Waals surface area contributed by atoms with Gasteiger partial charge in [0.1, 0.15) is 17.7 Å². The van der Waals surface area contributed by atoms with E-state index in [0.29, 0.717) is 30.0 Å². The van der Waals surface area contributed by atoms with Gasteiger partial charge < -0.3 is 14.7 Å². The molecule has 2 aromatic rings. The van der Waals surface area contributed by atoms with E-state index < -0.39 is 0 Å². The molecule has 2 atom stereocenters.